The molecule has 3 N–H and O–H groups in total. The molecule has 0 aliphatic rings. The summed E-state index contributed by atoms with van der Waals surface area (Å²) in [6.45, 7) is 3.86. The summed E-state index contributed by atoms with van der Waals surface area (Å²) < 4.78 is 5.42. The normalized spacial score (nSPS) is 10.3. The topological polar surface area (TPSA) is 68.3 Å². The summed E-state index contributed by atoms with van der Waals surface area (Å²) in [5.41, 5.74) is 7.91. The van der Waals surface area contributed by atoms with Gasteiger partial charge in [0.2, 0.25) is 0 Å². The number of aryl methyl sites for hydroxylation is 2. The Labute approximate surface area is 123 Å². The summed E-state index contributed by atoms with van der Waals surface area (Å²) in [6, 6.07) is 8.95. The van der Waals surface area contributed by atoms with E-state index in [1.807, 2.05) is 26.0 Å². The molecule has 1 heterocycles. The first-order valence-corrected chi connectivity index (χ1v) is 6.73. The first-order chi connectivity index (χ1) is 9.52. The summed E-state index contributed by atoms with van der Waals surface area (Å²) >= 11 is 5.03. The van der Waals surface area contributed by atoms with E-state index in [-0.39, 0.29) is 16.7 Å². The highest BCUT2D eigenvalue weighted by molar-refractivity contribution is 7.80. The fourth-order valence-corrected chi connectivity index (χ4v) is 2.24. The Kier molecular flexibility index (Phi) is 4.20. The molecule has 4 nitrogen and oxygen atoms in total. The van der Waals surface area contributed by atoms with Crippen LogP contribution in [0.2, 0.25) is 0 Å². The lowest BCUT2D eigenvalue weighted by Gasteiger charge is -2.11. The maximum Gasteiger partial charge on any atom is 0.291 e. The molecular weight excluding hydrogens is 272 g/mol. The third-order valence-corrected chi connectivity index (χ3v) is 3.21. The van der Waals surface area contributed by atoms with E-state index in [2.05, 4.69) is 5.32 Å². The predicted molar refractivity (Wildman–Crippen MR) is 83.1 cm³/mol. The van der Waals surface area contributed by atoms with Crippen molar-refractivity contribution >= 4 is 28.8 Å². The average molecular weight is 288 g/mol. The predicted octanol–water partition coefficient (Wildman–Crippen LogP) is 3.04. The molecule has 0 atom stereocenters. The van der Waals surface area contributed by atoms with Crippen molar-refractivity contribution in [2.75, 3.05) is 5.32 Å². The van der Waals surface area contributed by atoms with Crippen molar-refractivity contribution in [1.82, 2.24) is 0 Å². The maximum absolute atomic E-state index is 12.1. The number of anilines is 1. The van der Waals surface area contributed by atoms with Gasteiger partial charge in [0.15, 0.2) is 5.76 Å². The van der Waals surface area contributed by atoms with Crippen LogP contribution in [0.1, 0.15) is 34.4 Å². The number of nitrogens with two attached hydrogens (primary N) is 1. The summed E-state index contributed by atoms with van der Waals surface area (Å²) in [7, 11) is 0. The van der Waals surface area contributed by atoms with Gasteiger partial charge in [-0.05, 0) is 30.7 Å². The summed E-state index contributed by atoms with van der Waals surface area (Å²) in [6.07, 6.45) is 0.746. The van der Waals surface area contributed by atoms with Crippen molar-refractivity contribution in [3.63, 3.8) is 0 Å². The van der Waals surface area contributed by atoms with Crippen LogP contribution in [0.15, 0.2) is 34.7 Å². The van der Waals surface area contributed by atoms with E-state index < -0.39 is 0 Å². The van der Waals surface area contributed by atoms with Gasteiger partial charge >= 0.3 is 0 Å². The van der Waals surface area contributed by atoms with Gasteiger partial charge in [-0.1, -0.05) is 31.3 Å². The van der Waals surface area contributed by atoms with Crippen LogP contribution in [0.25, 0.3) is 0 Å². The first kappa shape index (κ1) is 14.3. The molecular formula is C15H16N2O2S. The number of rotatable bonds is 4. The number of carbonyl (C=O) groups is 1. The Morgan fingerprint density at radius 1 is 1.35 bits per heavy atom. The molecule has 1 amide bonds. The van der Waals surface area contributed by atoms with E-state index in [0.29, 0.717) is 11.3 Å². The molecule has 1 aromatic heterocycles. The zero-order chi connectivity index (χ0) is 14.7. The number of nitrogens with one attached hydrogen (secondary N) is 1. The smallest absolute Gasteiger partial charge is 0.291 e. The Hall–Kier alpha value is -2.14. The second kappa shape index (κ2) is 5.88. The monoisotopic (exact) mass is 288 g/mol. The van der Waals surface area contributed by atoms with Gasteiger partial charge in [0.25, 0.3) is 5.91 Å². The molecule has 0 saturated heterocycles. The molecule has 1 aromatic carbocycles. The molecule has 0 aliphatic heterocycles. The number of hydrogen-bond donors (Lipinski definition) is 2. The molecule has 20 heavy (non-hydrogen) atoms. The van der Waals surface area contributed by atoms with Crippen molar-refractivity contribution < 1.29 is 9.21 Å². The zero-order valence-electron chi connectivity index (χ0n) is 11.4. The zero-order valence-corrected chi connectivity index (χ0v) is 12.2. The molecule has 2 aromatic rings. The van der Waals surface area contributed by atoms with E-state index in [4.69, 9.17) is 22.4 Å². The number of benzene rings is 1. The van der Waals surface area contributed by atoms with E-state index in [0.717, 1.165) is 17.7 Å². The van der Waals surface area contributed by atoms with Gasteiger partial charge < -0.3 is 15.5 Å². The number of amides is 1. The maximum atomic E-state index is 12.1. The van der Waals surface area contributed by atoms with Crippen LogP contribution in [0.4, 0.5) is 5.69 Å². The SMILES string of the molecule is CCc1ccc(C(=O)Nc2cccc(C)c2C(N)=S)o1. The second-order valence-corrected chi connectivity index (χ2v) is 4.88. The van der Waals surface area contributed by atoms with Gasteiger partial charge in [0, 0.05) is 12.0 Å². The second-order valence-electron chi connectivity index (χ2n) is 4.44. The Morgan fingerprint density at radius 2 is 2.10 bits per heavy atom. The number of thiocarbonyl (C=S) groups is 1. The lowest BCUT2D eigenvalue weighted by atomic mass is 10.1. The van der Waals surface area contributed by atoms with E-state index in [1.54, 1.807) is 18.2 Å². The van der Waals surface area contributed by atoms with Gasteiger partial charge in [-0.25, -0.2) is 0 Å². The summed E-state index contributed by atoms with van der Waals surface area (Å²) in [4.78, 5) is 12.4. The van der Waals surface area contributed by atoms with E-state index >= 15 is 0 Å². The molecule has 104 valence electrons. The fourth-order valence-electron chi connectivity index (χ4n) is 1.97. The van der Waals surface area contributed by atoms with Crippen molar-refractivity contribution in [3.05, 3.63) is 53.0 Å². The Bertz CT molecular complexity index is 662. The molecule has 0 fully saturated rings. The molecule has 0 spiro atoms. The molecule has 0 radical (unpaired) electrons. The molecule has 0 unspecified atom stereocenters. The summed E-state index contributed by atoms with van der Waals surface area (Å²) in [5.74, 6) is 0.735. The minimum atomic E-state index is -0.312. The molecule has 0 saturated carbocycles. The fraction of sp³-hybridized carbons (Fsp3) is 0.200. The standard InChI is InChI=1S/C15H16N2O2S/c1-3-10-7-8-12(19-10)15(18)17-11-6-4-5-9(2)13(11)14(16)20/h4-8H,3H2,1-2H3,(H2,16,20)(H,17,18). The van der Waals surface area contributed by atoms with Crippen LogP contribution in [0, 0.1) is 6.92 Å². The van der Waals surface area contributed by atoms with E-state index in [9.17, 15) is 4.79 Å². The van der Waals surface area contributed by atoms with Crippen molar-refractivity contribution in [2.45, 2.75) is 20.3 Å². The van der Waals surface area contributed by atoms with Crippen LogP contribution >= 0.6 is 12.2 Å². The minimum absolute atomic E-state index is 0.257. The van der Waals surface area contributed by atoms with Crippen molar-refractivity contribution in [3.8, 4) is 0 Å². The Morgan fingerprint density at radius 3 is 2.70 bits per heavy atom. The largest absolute Gasteiger partial charge is 0.456 e. The Balaban J connectivity index is 2.28. The quantitative estimate of drug-likeness (QED) is 0.849. The van der Waals surface area contributed by atoms with Gasteiger partial charge in [-0.2, -0.15) is 0 Å². The lowest BCUT2D eigenvalue weighted by molar-refractivity contribution is 0.0995. The van der Waals surface area contributed by atoms with Crippen LogP contribution < -0.4 is 11.1 Å². The molecule has 0 aliphatic carbocycles. The number of carbonyl (C=O) groups excluding carboxylic acids is 1. The third kappa shape index (κ3) is 2.88. The highest BCUT2D eigenvalue weighted by Crippen LogP contribution is 2.20. The van der Waals surface area contributed by atoms with Crippen molar-refractivity contribution in [2.24, 2.45) is 5.73 Å². The van der Waals surface area contributed by atoms with Crippen LogP contribution in [-0.4, -0.2) is 10.9 Å². The third-order valence-electron chi connectivity index (χ3n) is 3.00. The highest BCUT2D eigenvalue weighted by Gasteiger charge is 2.15. The van der Waals surface area contributed by atoms with Gasteiger partial charge in [-0.15, -0.1) is 0 Å². The lowest BCUT2D eigenvalue weighted by Crippen LogP contribution is -2.18. The number of furan rings is 1. The molecule has 0 bridgehead atoms. The van der Waals surface area contributed by atoms with Crippen LogP contribution in [0.3, 0.4) is 0 Å². The molecule has 2 rings (SSSR count). The minimum Gasteiger partial charge on any atom is -0.456 e. The van der Waals surface area contributed by atoms with Crippen LogP contribution in [-0.2, 0) is 6.42 Å². The van der Waals surface area contributed by atoms with E-state index in [1.165, 1.54) is 0 Å². The van der Waals surface area contributed by atoms with Gasteiger partial charge in [-0.3, -0.25) is 4.79 Å². The highest BCUT2D eigenvalue weighted by atomic mass is 32.1. The van der Waals surface area contributed by atoms with Gasteiger partial charge in [0.1, 0.15) is 10.7 Å². The van der Waals surface area contributed by atoms with Gasteiger partial charge in [0.05, 0.1) is 5.69 Å². The molecule has 5 heteroatoms. The van der Waals surface area contributed by atoms with Crippen LogP contribution in [0.5, 0.6) is 0 Å². The first-order valence-electron chi connectivity index (χ1n) is 6.32. The van der Waals surface area contributed by atoms with Crippen molar-refractivity contribution in [1.29, 1.82) is 0 Å². The summed E-state index contributed by atoms with van der Waals surface area (Å²) in [5, 5.41) is 2.79. The number of hydrogen-bond acceptors (Lipinski definition) is 3. The average Bonchev–Trinajstić information content (AvgIpc) is 2.87.